The van der Waals surface area contributed by atoms with E-state index in [1.165, 1.54) is 24.3 Å². The normalized spacial score (nSPS) is 11.0. The van der Waals surface area contributed by atoms with E-state index in [-0.39, 0.29) is 16.7 Å². The first-order chi connectivity index (χ1) is 15.3. The zero-order valence-corrected chi connectivity index (χ0v) is 17.7. The van der Waals surface area contributed by atoms with Gasteiger partial charge in [0.1, 0.15) is 23.3 Å². The Bertz CT molecular complexity index is 1030. The number of rotatable bonds is 8. The van der Waals surface area contributed by atoms with Crippen LogP contribution < -0.4 is 21.3 Å². The van der Waals surface area contributed by atoms with Crippen molar-refractivity contribution >= 4 is 40.9 Å². The average Bonchev–Trinajstić information content (AvgIpc) is 2.72. The highest BCUT2D eigenvalue weighted by Crippen LogP contribution is 2.37. The fraction of sp³-hybridized carbons (Fsp3) is 0.200. The predicted molar refractivity (Wildman–Crippen MR) is 118 cm³/mol. The Morgan fingerprint density at radius 3 is 2.44 bits per heavy atom. The number of hydrogen-bond acceptors (Lipinski definition) is 7. The molecule has 0 atom stereocenters. The summed E-state index contributed by atoms with van der Waals surface area (Å²) in [7, 11) is 0. The molecule has 168 valence electrons. The van der Waals surface area contributed by atoms with E-state index < -0.39 is 11.5 Å². The molecule has 0 spiro atoms. The lowest BCUT2D eigenvalue weighted by Gasteiger charge is -2.11. The monoisotopic (exact) mass is 463 g/mol. The molecule has 0 saturated carbocycles. The van der Waals surface area contributed by atoms with Crippen LogP contribution >= 0.6 is 11.8 Å². The summed E-state index contributed by atoms with van der Waals surface area (Å²) in [6, 6.07) is 12.1. The van der Waals surface area contributed by atoms with E-state index in [1.807, 2.05) is 18.2 Å². The molecule has 3 rings (SSSR count). The van der Waals surface area contributed by atoms with Crippen molar-refractivity contribution in [2.45, 2.75) is 17.3 Å². The van der Waals surface area contributed by atoms with Crippen molar-refractivity contribution < 1.29 is 18.0 Å². The number of pyridine rings is 1. The van der Waals surface area contributed by atoms with Gasteiger partial charge in [0, 0.05) is 35.9 Å². The lowest BCUT2D eigenvalue weighted by Crippen LogP contribution is -2.32. The summed E-state index contributed by atoms with van der Waals surface area (Å²) in [4.78, 5) is 24.8. The second-order valence-corrected chi connectivity index (χ2v) is 7.54. The van der Waals surface area contributed by atoms with E-state index in [0.717, 1.165) is 0 Å². The van der Waals surface area contributed by atoms with Crippen LogP contribution in [0.2, 0.25) is 0 Å². The van der Waals surface area contributed by atoms with Crippen LogP contribution in [0, 0.1) is 6.92 Å². The van der Waals surface area contributed by atoms with Gasteiger partial charge in [0.2, 0.25) is 0 Å². The summed E-state index contributed by atoms with van der Waals surface area (Å²) in [5.74, 6) is 2.37. The molecule has 8 nitrogen and oxygen atoms in total. The van der Waals surface area contributed by atoms with E-state index in [4.69, 9.17) is 0 Å². The smallest absolute Gasteiger partial charge is 0.368 e. The van der Waals surface area contributed by atoms with Gasteiger partial charge in [-0.1, -0.05) is 6.07 Å². The topological polar surface area (TPSA) is 104 Å². The highest BCUT2D eigenvalue weighted by molar-refractivity contribution is 8.00. The number of alkyl halides is 3. The molecule has 0 aliphatic rings. The molecule has 0 aliphatic carbocycles. The van der Waals surface area contributed by atoms with Crippen molar-refractivity contribution in [2.75, 3.05) is 29.0 Å². The molecular weight excluding hydrogens is 443 g/mol. The molecule has 0 radical (unpaired) electrons. The van der Waals surface area contributed by atoms with Gasteiger partial charge in [-0.25, -0.2) is 19.7 Å². The van der Waals surface area contributed by atoms with Crippen molar-refractivity contribution in [1.82, 2.24) is 20.3 Å². The lowest BCUT2D eigenvalue weighted by molar-refractivity contribution is -0.0328. The summed E-state index contributed by atoms with van der Waals surface area (Å²) in [5.41, 5.74) is -3.96. The third-order valence-electron chi connectivity index (χ3n) is 3.82. The number of carbonyl (C=O) groups is 1. The molecule has 1 aromatic carbocycles. The summed E-state index contributed by atoms with van der Waals surface area (Å²) < 4.78 is 37.1. The van der Waals surface area contributed by atoms with Crippen LogP contribution in [0.1, 0.15) is 5.82 Å². The van der Waals surface area contributed by atoms with Gasteiger partial charge in [-0.3, -0.25) is 0 Å². The maximum absolute atomic E-state index is 12.4. The van der Waals surface area contributed by atoms with E-state index in [2.05, 4.69) is 36.2 Å². The van der Waals surface area contributed by atoms with Crippen molar-refractivity contribution in [1.29, 1.82) is 0 Å². The second-order valence-electron chi connectivity index (χ2n) is 6.41. The van der Waals surface area contributed by atoms with Gasteiger partial charge >= 0.3 is 11.5 Å². The molecular formula is C20H20F3N7OS. The molecule has 12 heteroatoms. The summed E-state index contributed by atoms with van der Waals surface area (Å²) in [6.45, 7) is 2.45. The number of nitrogens with one attached hydrogen (secondary N) is 4. The number of carbonyl (C=O) groups excluding carboxylic acids is 1. The highest BCUT2D eigenvalue weighted by atomic mass is 32.2. The van der Waals surface area contributed by atoms with Gasteiger partial charge in [-0.05, 0) is 55.1 Å². The highest BCUT2D eigenvalue weighted by Gasteiger charge is 2.29. The Hall–Kier alpha value is -3.54. The quantitative estimate of drug-likeness (QED) is 0.282. The van der Waals surface area contributed by atoms with Crippen LogP contribution in [0.3, 0.4) is 0 Å². The number of nitrogens with zero attached hydrogens (tertiary/aromatic N) is 3. The summed E-state index contributed by atoms with van der Waals surface area (Å²) in [5, 5.41) is 11.4. The van der Waals surface area contributed by atoms with Crippen LogP contribution in [-0.2, 0) is 0 Å². The van der Waals surface area contributed by atoms with Crippen molar-refractivity contribution in [3.8, 4) is 0 Å². The Morgan fingerprint density at radius 2 is 1.75 bits per heavy atom. The molecule has 0 aliphatic heterocycles. The standard InChI is InChI=1S/C20H20F3N7OS/c1-13-27-17(12-18(28-13)30-16-4-2-3-9-24-16)25-10-11-26-19(31)29-14-5-7-15(8-6-14)32-20(21,22)23/h2-9,12H,10-11H2,1H3,(H2,26,29,31)(H2,24,25,27,28,30). The zero-order chi connectivity index (χ0) is 23.0. The van der Waals surface area contributed by atoms with E-state index in [0.29, 0.717) is 42.1 Å². The fourth-order valence-corrected chi connectivity index (χ4v) is 3.11. The van der Waals surface area contributed by atoms with Gasteiger partial charge in [-0.2, -0.15) is 13.2 Å². The first-order valence-electron chi connectivity index (χ1n) is 9.45. The number of aryl methyl sites for hydroxylation is 1. The number of anilines is 4. The van der Waals surface area contributed by atoms with Crippen molar-refractivity contribution in [2.24, 2.45) is 0 Å². The summed E-state index contributed by atoms with van der Waals surface area (Å²) >= 11 is -0.210. The fourth-order valence-electron chi connectivity index (χ4n) is 2.57. The number of amides is 2. The van der Waals surface area contributed by atoms with Crippen LogP contribution in [-0.4, -0.2) is 39.6 Å². The minimum atomic E-state index is -4.35. The maximum Gasteiger partial charge on any atom is 0.446 e. The molecule has 3 aromatic rings. The number of hydrogen-bond donors (Lipinski definition) is 4. The predicted octanol–water partition coefficient (Wildman–Crippen LogP) is 4.77. The lowest BCUT2D eigenvalue weighted by atomic mass is 10.3. The molecule has 2 amide bonds. The number of thioether (sulfide) groups is 1. The maximum atomic E-state index is 12.4. The van der Waals surface area contributed by atoms with Crippen LogP contribution in [0.4, 0.5) is 41.1 Å². The van der Waals surface area contributed by atoms with Crippen LogP contribution in [0.25, 0.3) is 0 Å². The summed E-state index contributed by atoms with van der Waals surface area (Å²) in [6.07, 6.45) is 1.67. The second kappa shape index (κ2) is 10.7. The third kappa shape index (κ3) is 7.95. The molecule has 0 fully saturated rings. The number of benzene rings is 1. The molecule has 0 bridgehead atoms. The average molecular weight is 463 g/mol. The van der Waals surface area contributed by atoms with E-state index in [9.17, 15) is 18.0 Å². The first kappa shape index (κ1) is 23.1. The molecule has 2 aromatic heterocycles. The molecule has 2 heterocycles. The first-order valence-corrected chi connectivity index (χ1v) is 10.3. The van der Waals surface area contributed by atoms with Crippen LogP contribution in [0.15, 0.2) is 59.6 Å². The largest absolute Gasteiger partial charge is 0.446 e. The Kier molecular flexibility index (Phi) is 7.71. The van der Waals surface area contributed by atoms with Gasteiger partial charge in [0.25, 0.3) is 0 Å². The molecule has 0 unspecified atom stereocenters. The van der Waals surface area contributed by atoms with Crippen molar-refractivity contribution in [3.05, 3.63) is 60.6 Å². The van der Waals surface area contributed by atoms with Gasteiger partial charge in [-0.15, -0.1) is 0 Å². The third-order valence-corrected chi connectivity index (χ3v) is 4.56. The van der Waals surface area contributed by atoms with E-state index in [1.54, 1.807) is 19.2 Å². The Morgan fingerprint density at radius 1 is 1.00 bits per heavy atom. The Balaban J connectivity index is 1.43. The van der Waals surface area contributed by atoms with Crippen molar-refractivity contribution in [3.63, 3.8) is 0 Å². The minimum absolute atomic E-state index is 0.0460. The minimum Gasteiger partial charge on any atom is -0.368 e. The van der Waals surface area contributed by atoms with E-state index >= 15 is 0 Å². The van der Waals surface area contributed by atoms with Crippen LogP contribution in [0.5, 0.6) is 0 Å². The molecule has 0 saturated heterocycles. The number of aromatic nitrogens is 3. The molecule has 4 N–H and O–H groups in total. The molecule has 32 heavy (non-hydrogen) atoms. The SMILES string of the molecule is Cc1nc(NCCNC(=O)Nc2ccc(SC(F)(F)F)cc2)cc(Nc2ccccn2)n1. The van der Waals surface area contributed by atoms with Gasteiger partial charge in [0.15, 0.2) is 0 Å². The van der Waals surface area contributed by atoms with Gasteiger partial charge < -0.3 is 21.3 Å². The zero-order valence-electron chi connectivity index (χ0n) is 16.9. The van der Waals surface area contributed by atoms with Gasteiger partial charge in [0.05, 0.1) is 0 Å². The number of halogens is 3. The number of urea groups is 1. The Labute approximate surface area is 186 Å².